The standard InChI is InChI=1S/C22H23BrF3NO4/c1-30-18-11-16(17(23)12-19(18)31-2)20(27-9-7-14(8-10-27)21(28)29)13-3-5-15(6-4-13)22(24,25)26/h3-6,11-12,14,20H,7-10H2,1-2H3,(H,28,29). The molecule has 3 rings (SSSR count). The van der Waals surface area contributed by atoms with Crippen molar-refractivity contribution < 1.29 is 32.5 Å². The Morgan fingerprint density at radius 3 is 2.13 bits per heavy atom. The summed E-state index contributed by atoms with van der Waals surface area (Å²) in [6.07, 6.45) is -3.48. The van der Waals surface area contributed by atoms with E-state index in [0.29, 0.717) is 43.0 Å². The number of alkyl halides is 3. The molecule has 9 heteroatoms. The summed E-state index contributed by atoms with van der Waals surface area (Å²) in [6, 6.07) is 8.26. The zero-order chi connectivity index (χ0) is 22.8. The predicted molar refractivity (Wildman–Crippen MR) is 112 cm³/mol. The minimum atomic E-state index is -4.42. The number of hydrogen-bond donors (Lipinski definition) is 1. The molecule has 168 valence electrons. The molecule has 1 unspecified atom stereocenters. The lowest BCUT2D eigenvalue weighted by Crippen LogP contribution is -2.39. The number of carboxylic acids is 1. The van der Waals surface area contributed by atoms with Crippen LogP contribution < -0.4 is 9.47 Å². The summed E-state index contributed by atoms with van der Waals surface area (Å²) in [5.41, 5.74) is 0.756. The fourth-order valence-electron chi connectivity index (χ4n) is 3.93. The number of aliphatic carboxylic acids is 1. The van der Waals surface area contributed by atoms with E-state index < -0.39 is 23.6 Å². The van der Waals surface area contributed by atoms with E-state index in [9.17, 15) is 23.1 Å². The van der Waals surface area contributed by atoms with E-state index in [1.165, 1.54) is 26.4 Å². The number of carboxylic acid groups (broad SMARTS) is 1. The maximum atomic E-state index is 13.1. The van der Waals surface area contributed by atoms with Crippen LogP contribution in [0.5, 0.6) is 11.5 Å². The van der Waals surface area contributed by atoms with Crippen LogP contribution in [-0.2, 0) is 11.0 Å². The third-order valence-corrected chi connectivity index (χ3v) is 6.28. The number of methoxy groups -OCH3 is 2. The first-order chi connectivity index (χ1) is 14.7. The minimum absolute atomic E-state index is 0.383. The molecular formula is C22H23BrF3NO4. The Morgan fingerprint density at radius 1 is 1.10 bits per heavy atom. The van der Waals surface area contributed by atoms with Gasteiger partial charge in [0.1, 0.15) is 0 Å². The minimum Gasteiger partial charge on any atom is -0.493 e. The summed E-state index contributed by atoms with van der Waals surface area (Å²) in [6.45, 7) is 1.01. The van der Waals surface area contributed by atoms with Crippen molar-refractivity contribution in [1.29, 1.82) is 0 Å². The van der Waals surface area contributed by atoms with Gasteiger partial charge in [-0.2, -0.15) is 13.2 Å². The first-order valence-corrected chi connectivity index (χ1v) is 10.5. The first-order valence-electron chi connectivity index (χ1n) is 9.71. The van der Waals surface area contributed by atoms with E-state index in [1.807, 2.05) is 0 Å². The molecule has 0 bridgehead atoms. The van der Waals surface area contributed by atoms with Gasteiger partial charge in [0.2, 0.25) is 0 Å². The fraction of sp³-hybridized carbons (Fsp3) is 0.409. The quantitative estimate of drug-likeness (QED) is 0.576. The molecule has 1 N–H and O–H groups in total. The molecule has 1 aliphatic heterocycles. The molecular weight excluding hydrogens is 479 g/mol. The van der Waals surface area contributed by atoms with Gasteiger partial charge < -0.3 is 14.6 Å². The average molecular weight is 502 g/mol. The number of hydrogen-bond acceptors (Lipinski definition) is 4. The van der Waals surface area contributed by atoms with Crippen molar-refractivity contribution in [2.24, 2.45) is 5.92 Å². The molecule has 0 aliphatic carbocycles. The number of piperidine rings is 1. The Labute approximate surface area is 186 Å². The SMILES string of the molecule is COc1cc(Br)c(C(c2ccc(C(F)(F)F)cc2)N2CCC(C(=O)O)CC2)cc1OC. The Morgan fingerprint density at radius 2 is 1.65 bits per heavy atom. The Kier molecular flexibility index (Phi) is 7.16. The van der Waals surface area contributed by atoms with Gasteiger partial charge in [0.25, 0.3) is 0 Å². The number of halogens is 4. The van der Waals surface area contributed by atoms with Crippen molar-refractivity contribution in [1.82, 2.24) is 4.90 Å². The van der Waals surface area contributed by atoms with Crippen LogP contribution in [0.2, 0.25) is 0 Å². The highest BCUT2D eigenvalue weighted by atomic mass is 79.9. The fourth-order valence-corrected chi connectivity index (χ4v) is 4.46. The molecule has 1 saturated heterocycles. The number of carbonyl (C=O) groups is 1. The van der Waals surface area contributed by atoms with Crippen molar-refractivity contribution in [2.45, 2.75) is 25.1 Å². The average Bonchev–Trinajstić information content (AvgIpc) is 2.74. The van der Waals surface area contributed by atoms with Gasteiger partial charge in [-0.1, -0.05) is 28.1 Å². The summed E-state index contributed by atoms with van der Waals surface area (Å²) in [7, 11) is 3.04. The lowest BCUT2D eigenvalue weighted by Gasteiger charge is -2.37. The molecule has 0 amide bonds. The van der Waals surface area contributed by atoms with E-state index in [4.69, 9.17) is 9.47 Å². The zero-order valence-corrected chi connectivity index (χ0v) is 18.7. The molecule has 0 radical (unpaired) electrons. The van der Waals surface area contributed by atoms with Crippen LogP contribution >= 0.6 is 15.9 Å². The Bertz CT molecular complexity index is 926. The summed E-state index contributed by atoms with van der Waals surface area (Å²) in [5.74, 6) is -0.219. The van der Waals surface area contributed by atoms with Crippen molar-refractivity contribution in [2.75, 3.05) is 27.3 Å². The second-order valence-corrected chi connectivity index (χ2v) is 8.25. The predicted octanol–water partition coefficient (Wildman–Crippen LogP) is 5.37. The summed E-state index contributed by atoms with van der Waals surface area (Å²) < 4.78 is 50.7. The first kappa shape index (κ1) is 23.4. The van der Waals surface area contributed by atoms with E-state index in [0.717, 1.165) is 22.2 Å². The third-order valence-electron chi connectivity index (χ3n) is 5.60. The Balaban J connectivity index is 2.04. The lowest BCUT2D eigenvalue weighted by atomic mass is 9.91. The van der Waals surface area contributed by atoms with Crippen LogP contribution in [0.4, 0.5) is 13.2 Å². The van der Waals surface area contributed by atoms with Gasteiger partial charge >= 0.3 is 12.1 Å². The maximum absolute atomic E-state index is 13.1. The largest absolute Gasteiger partial charge is 0.493 e. The highest BCUT2D eigenvalue weighted by Crippen LogP contribution is 2.42. The van der Waals surface area contributed by atoms with Crippen molar-refractivity contribution >= 4 is 21.9 Å². The van der Waals surface area contributed by atoms with Gasteiger partial charge in [0, 0.05) is 4.47 Å². The smallest absolute Gasteiger partial charge is 0.416 e. The third kappa shape index (κ3) is 5.15. The zero-order valence-electron chi connectivity index (χ0n) is 17.1. The van der Waals surface area contributed by atoms with Crippen molar-refractivity contribution in [3.8, 4) is 11.5 Å². The van der Waals surface area contributed by atoms with E-state index in [1.54, 1.807) is 12.1 Å². The van der Waals surface area contributed by atoms with Crippen LogP contribution in [0.1, 0.15) is 35.6 Å². The van der Waals surface area contributed by atoms with Gasteiger partial charge in [-0.15, -0.1) is 0 Å². The van der Waals surface area contributed by atoms with Gasteiger partial charge in [-0.05, 0) is 61.3 Å². The van der Waals surface area contributed by atoms with E-state index in [2.05, 4.69) is 20.8 Å². The van der Waals surface area contributed by atoms with Crippen LogP contribution in [0.15, 0.2) is 40.9 Å². The monoisotopic (exact) mass is 501 g/mol. The molecule has 1 heterocycles. The molecule has 5 nitrogen and oxygen atoms in total. The number of benzene rings is 2. The Hall–Kier alpha value is -2.26. The van der Waals surface area contributed by atoms with Gasteiger partial charge in [0.05, 0.1) is 31.7 Å². The molecule has 0 saturated carbocycles. The maximum Gasteiger partial charge on any atom is 0.416 e. The van der Waals surface area contributed by atoms with Gasteiger partial charge in [-0.25, -0.2) is 0 Å². The molecule has 31 heavy (non-hydrogen) atoms. The number of nitrogens with zero attached hydrogens (tertiary/aromatic N) is 1. The van der Waals surface area contributed by atoms with Crippen molar-refractivity contribution in [3.63, 3.8) is 0 Å². The van der Waals surface area contributed by atoms with Crippen molar-refractivity contribution in [3.05, 3.63) is 57.6 Å². The lowest BCUT2D eigenvalue weighted by molar-refractivity contribution is -0.143. The van der Waals surface area contributed by atoms with Crippen LogP contribution in [0.25, 0.3) is 0 Å². The van der Waals surface area contributed by atoms with Crippen LogP contribution in [-0.4, -0.2) is 43.3 Å². The van der Waals surface area contributed by atoms with Crippen LogP contribution in [0, 0.1) is 5.92 Å². The van der Waals surface area contributed by atoms with Crippen LogP contribution in [0.3, 0.4) is 0 Å². The van der Waals surface area contributed by atoms with Gasteiger partial charge in [0.15, 0.2) is 11.5 Å². The van der Waals surface area contributed by atoms with E-state index >= 15 is 0 Å². The molecule has 0 spiro atoms. The molecule has 2 aromatic rings. The molecule has 1 atom stereocenters. The molecule has 0 aromatic heterocycles. The second-order valence-electron chi connectivity index (χ2n) is 7.40. The molecule has 1 aliphatic rings. The number of likely N-dealkylation sites (tertiary alicyclic amines) is 1. The highest BCUT2D eigenvalue weighted by Gasteiger charge is 2.33. The normalized spacial score (nSPS) is 16.7. The molecule has 1 fully saturated rings. The highest BCUT2D eigenvalue weighted by molar-refractivity contribution is 9.10. The van der Waals surface area contributed by atoms with E-state index in [-0.39, 0.29) is 6.04 Å². The van der Waals surface area contributed by atoms with Gasteiger partial charge in [-0.3, -0.25) is 9.69 Å². The summed E-state index contributed by atoms with van der Waals surface area (Å²) in [5, 5.41) is 9.31. The summed E-state index contributed by atoms with van der Waals surface area (Å²) in [4.78, 5) is 13.4. The topological polar surface area (TPSA) is 59.0 Å². The molecule has 2 aromatic carbocycles. The second kappa shape index (κ2) is 9.48. The number of ether oxygens (including phenoxy) is 2. The number of rotatable bonds is 6. The summed E-state index contributed by atoms with van der Waals surface area (Å²) >= 11 is 3.56.